The molecule has 0 saturated heterocycles. The Balaban J connectivity index is 4.02. The van der Waals surface area contributed by atoms with Gasteiger partial charge in [-0.15, -0.1) is 0 Å². The number of carbonyl (C=O) groups excluding carboxylic acids is 2. The summed E-state index contributed by atoms with van der Waals surface area (Å²) in [6.07, 6.45) is -0.0347. The number of hydrogen-bond acceptors (Lipinski definition) is 2. The summed E-state index contributed by atoms with van der Waals surface area (Å²) in [5.41, 5.74) is 0. The Morgan fingerprint density at radius 3 is 1.75 bits per heavy atom. The Bertz CT molecular complexity index is 114. The second-order valence-electron chi connectivity index (χ2n) is 0.980. The summed E-state index contributed by atoms with van der Waals surface area (Å²) in [6, 6.07) is 0. The van der Waals surface area contributed by atoms with Crippen molar-refractivity contribution < 1.29 is 9.59 Å². The van der Waals surface area contributed by atoms with Crippen LogP contribution in [0.5, 0.6) is 0 Å². The van der Waals surface area contributed by atoms with Gasteiger partial charge >= 0.3 is 0 Å². The molecule has 0 atom stereocenters. The number of ketones is 1. The zero-order chi connectivity index (χ0) is 6.78. The van der Waals surface area contributed by atoms with Gasteiger partial charge in [-0.2, -0.15) is 0 Å². The first-order chi connectivity index (χ1) is 3.48. The highest BCUT2D eigenvalue weighted by molar-refractivity contribution is 6.80. The summed E-state index contributed by atoms with van der Waals surface area (Å²) < 4.78 is -2.08. The first kappa shape index (κ1) is 8.21. The maximum Gasteiger partial charge on any atom is 0.256 e. The number of carbonyl (C=O) groups is 2. The molecule has 0 aliphatic carbocycles. The molecule has 46 valence electrons. The van der Waals surface area contributed by atoms with E-state index in [1.54, 1.807) is 0 Å². The minimum absolute atomic E-state index is 0.0347. The van der Waals surface area contributed by atoms with Gasteiger partial charge in [-0.1, -0.05) is 34.8 Å². The molecule has 5 heteroatoms. The number of Topliss-reactive ketones (excluding diaryl/α,β-unsaturated/α-hetero) is 1. The predicted molar refractivity (Wildman–Crippen MR) is 31.4 cm³/mol. The predicted octanol–water partition coefficient (Wildman–Crippen LogP) is 1.12. The summed E-state index contributed by atoms with van der Waals surface area (Å²) in [7, 11) is 0. The van der Waals surface area contributed by atoms with Crippen LogP contribution in [0.2, 0.25) is 0 Å². The van der Waals surface area contributed by atoms with E-state index in [1.807, 2.05) is 0 Å². The van der Waals surface area contributed by atoms with Crippen LogP contribution in [0.4, 0.5) is 0 Å². The van der Waals surface area contributed by atoms with E-state index in [1.165, 1.54) is 0 Å². The van der Waals surface area contributed by atoms with Crippen molar-refractivity contribution in [3.63, 3.8) is 0 Å². The molecule has 0 heterocycles. The van der Waals surface area contributed by atoms with Crippen molar-refractivity contribution >= 4 is 46.9 Å². The summed E-state index contributed by atoms with van der Waals surface area (Å²) in [6.45, 7) is 0. The Kier molecular flexibility index (Phi) is 2.74. The zero-order valence-corrected chi connectivity index (χ0v) is 5.80. The molecule has 0 radical (unpaired) electrons. The highest BCUT2D eigenvalue weighted by Gasteiger charge is 2.29. The number of hydrogen-bond donors (Lipinski definition) is 0. The fraction of sp³-hybridized carbons (Fsp3) is 0.333. The monoisotopic (exact) mass is 174 g/mol. The smallest absolute Gasteiger partial charge is 0.256 e. The molecule has 0 aliphatic heterocycles. The molecule has 0 aromatic heterocycles. The van der Waals surface area contributed by atoms with Crippen LogP contribution in [0.25, 0.3) is 0 Å². The fourth-order valence-electron chi connectivity index (χ4n) is 0.0668. The molecular formula is C3HCl3O2. The Morgan fingerprint density at radius 1 is 1.38 bits per heavy atom. The third-order valence-corrected chi connectivity index (χ3v) is 0.945. The largest absolute Gasteiger partial charge is 0.294 e. The van der Waals surface area contributed by atoms with Crippen LogP contribution < -0.4 is 0 Å². The Morgan fingerprint density at radius 2 is 1.75 bits per heavy atom. The van der Waals surface area contributed by atoms with Crippen LogP contribution in [0, 0.1) is 0 Å². The third-order valence-electron chi connectivity index (χ3n) is 0.386. The minimum Gasteiger partial charge on any atom is -0.294 e. The molecule has 0 aromatic rings. The van der Waals surface area contributed by atoms with E-state index in [0.29, 0.717) is 0 Å². The molecule has 0 unspecified atom stereocenters. The second-order valence-corrected chi connectivity index (χ2v) is 3.26. The molecule has 2 nitrogen and oxygen atoms in total. The average molecular weight is 175 g/mol. The van der Waals surface area contributed by atoms with Gasteiger partial charge in [0.1, 0.15) is 0 Å². The van der Waals surface area contributed by atoms with E-state index in [0.717, 1.165) is 0 Å². The van der Waals surface area contributed by atoms with Crippen LogP contribution in [0.15, 0.2) is 0 Å². The SMILES string of the molecule is O=CC(=O)C(Cl)(Cl)Cl. The molecule has 0 fully saturated rings. The lowest BCUT2D eigenvalue weighted by molar-refractivity contribution is -0.129. The first-order valence-corrected chi connectivity index (χ1v) is 2.68. The van der Waals surface area contributed by atoms with Crippen LogP contribution in [0.1, 0.15) is 0 Å². The van der Waals surface area contributed by atoms with Gasteiger partial charge in [0.2, 0.25) is 5.78 Å². The molecule has 0 bridgehead atoms. The topological polar surface area (TPSA) is 34.1 Å². The van der Waals surface area contributed by atoms with Crippen molar-refractivity contribution in [2.24, 2.45) is 0 Å². The van der Waals surface area contributed by atoms with Gasteiger partial charge in [0.05, 0.1) is 0 Å². The van der Waals surface area contributed by atoms with Gasteiger partial charge in [0, 0.05) is 0 Å². The van der Waals surface area contributed by atoms with E-state index in [2.05, 4.69) is 0 Å². The standard InChI is InChI=1S/C3HCl3O2/c4-3(5,6)2(8)1-7/h1H. The molecular weight excluding hydrogens is 174 g/mol. The molecule has 0 aliphatic rings. The summed E-state index contributed by atoms with van der Waals surface area (Å²) in [5.74, 6) is -1.05. The van der Waals surface area contributed by atoms with Crippen LogP contribution >= 0.6 is 34.8 Å². The third kappa shape index (κ3) is 2.50. The number of halogens is 3. The highest BCUT2D eigenvalue weighted by Crippen LogP contribution is 2.25. The maximum atomic E-state index is 10.1. The molecule has 0 saturated carbocycles. The van der Waals surface area contributed by atoms with E-state index in [9.17, 15) is 9.59 Å². The van der Waals surface area contributed by atoms with Crippen molar-refractivity contribution in [2.45, 2.75) is 3.79 Å². The van der Waals surface area contributed by atoms with Crippen molar-refractivity contribution in [2.75, 3.05) is 0 Å². The van der Waals surface area contributed by atoms with Gasteiger partial charge in [-0.05, 0) is 0 Å². The van der Waals surface area contributed by atoms with Crippen molar-refractivity contribution in [1.82, 2.24) is 0 Å². The molecule has 0 amide bonds. The zero-order valence-electron chi connectivity index (χ0n) is 3.53. The lowest BCUT2D eigenvalue weighted by Gasteiger charge is -2.00. The van der Waals surface area contributed by atoms with E-state index < -0.39 is 9.58 Å². The van der Waals surface area contributed by atoms with Gasteiger partial charge in [-0.25, -0.2) is 0 Å². The summed E-state index contributed by atoms with van der Waals surface area (Å²) in [5, 5.41) is 0. The molecule has 0 aromatic carbocycles. The van der Waals surface area contributed by atoms with Crippen molar-refractivity contribution in [3.05, 3.63) is 0 Å². The molecule has 0 spiro atoms. The molecule has 0 rings (SSSR count). The Labute approximate surface area is 60.7 Å². The first-order valence-electron chi connectivity index (χ1n) is 1.55. The molecule has 0 N–H and O–H groups in total. The Hall–Kier alpha value is 0.210. The van der Waals surface area contributed by atoms with E-state index in [4.69, 9.17) is 34.8 Å². The van der Waals surface area contributed by atoms with Gasteiger partial charge in [0.15, 0.2) is 6.29 Å². The van der Waals surface area contributed by atoms with E-state index in [-0.39, 0.29) is 6.29 Å². The number of aldehydes is 1. The van der Waals surface area contributed by atoms with Crippen molar-refractivity contribution in [1.29, 1.82) is 0 Å². The van der Waals surface area contributed by atoms with Gasteiger partial charge < -0.3 is 0 Å². The average Bonchev–Trinajstić information content (AvgIpc) is 1.62. The molecule has 8 heavy (non-hydrogen) atoms. The summed E-state index contributed by atoms with van der Waals surface area (Å²) in [4.78, 5) is 19.6. The van der Waals surface area contributed by atoms with Gasteiger partial charge in [0.25, 0.3) is 3.79 Å². The lowest BCUT2D eigenvalue weighted by atomic mass is 10.5. The lowest BCUT2D eigenvalue weighted by Crippen LogP contribution is -2.19. The van der Waals surface area contributed by atoms with Gasteiger partial charge in [-0.3, -0.25) is 9.59 Å². The number of rotatable bonds is 1. The van der Waals surface area contributed by atoms with Crippen LogP contribution in [0.3, 0.4) is 0 Å². The highest BCUT2D eigenvalue weighted by atomic mass is 35.6. The van der Waals surface area contributed by atoms with Crippen LogP contribution in [-0.4, -0.2) is 15.9 Å². The van der Waals surface area contributed by atoms with Crippen LogP contribution in [-0.2, 0) is 9.59 Å². The normalized spacial score (nSPS) is 10.9. The summed E-state index contributed by atoms with van der Waals surface area (Å²) >= 11 is 14.8. The van der Waals surface area contributed by atoms with E-state index >= 15 is 0 Å². The maximum absolute atomic E-state index is 10.1. The van der Waals surface area contributed by atoms with Crippen molar-refractivity contribution in [3.8, 4) is 0 Å². The minimum atomic E-state index is -2.08. The quantitative estimate of drug-likeness (QED) is 0.340. The second kappa shape index (κ2) is 2.67. The fourth-order valence-corrected chi connectivity index (χ4v) is 0.200. The number of alkyl halides is 3.